The lowest BCUT2D eigenvalue weighted by Gasteiger charge is -2.34. The van der Waals surface area contributed by atoms with E-state index >= 15 is 0 Å². The van der Waals surface area contributed by atoms with E-state index in [-0.39, 0.29) is 17.8 Å². The van der Waals surface area contributed by atoms with E-state index in [0.717, 1.165) is 25.7 Å². The fraction of sp³-hybridized carbons (Fsp3) is 0.562. The second kappa shape index (κ2) is 6.35. The van der Waals surface area contributed by atoms with Gasteiger partial charge in [0.05, 0.1) is 0 Å². The van der Waals surface area contributed by atoms with Gasteiger partial charge in [-0.1, -0.05) is 0 Å². The van der Waals surface area contributed by atoms with Crippen LogP contribution >= 0.6 is 0 Å². The van der Waals surface area contributed by atoms with Gasteiger partial charge in [-0.15, -0.1) is 0 Å². The zero-order chi connectivity index (χ0) is 14.7. The third-order valence-electron chi connectivity index (χ3n) is 4.39. The van der Waals surface area contributed by atoms with Crippen LogP contribution in [0, 0.1) is 12.7 Å². The van der Waals surface area contributed by atoms with Crippen molar-refractivity contribution in [3.8, 4) is 0 Å². The molecule has 20 heavy (non-hydrogen) atoms. The second-order valence-corrected chi connectivity index (χ2v) is 5.67. The highest BCUT2D eigenvalue weighted by molar-refractivity contribution is 5.95. The number of carbonyl (C=O) groups is 1. The third-order valence-corrected chi connectivity index (χ3v) is 4.39. The van der Waals surface area contributed by atoms with Crippen molar-refractivity contribution in [2.45, 2.75) is 44.7 Å². The Kier molecular flexibility index (Phi) is 4.76. The van der Waals surface area contributed by atoms with Crippen LogP contribution in [0.5, 0.6) is 0 Å². The van der Waals surface area contributed by atoms with Crippen LogP contribution in [0.15, 0.2) is 18.2 Å². The molecule has 110 valence electrons. The topological polar surface area (TPSA) is 32.3 Å². The van der Waals surface area contributed by atoms with Crippen LogP contribution < -0.4 is 5.32 Å². The maximum atomic E-state index is 13.1. The standard InChI is InChI=1S/C16H23FN2O/c1-11-10-12(17)4-9-15(11)16(20)19(3)14-7-5-13(18-2)6-8-14/h4,9-10,13-14,18H,5-8H2,1-3H3. The molecule has 0 saturated heterocycles. The zero-order valence-corrected chi connectivity index (χ0v) is 12.4. The minimum Gasteiger partial charge on any atom is -0.339 e. The molecule has 2 rings (SSSR count). The van der Waals surface area contributed by atoms with E-state index in [1.807, 2.05) is 19.0 Å². The first-order chi connectivity index (χ1) is 9.52. The van der Waals surface area contributed by atoms with E-state index in [9.17, 15) is 9.18 Å². The molecule has 0 unspecified atom stereocenters. The smallest absolute Gasteiger partial charge is 0.254 e. The molecule has 1 amide bonds. The van der Waals surface area contributed by atoms with Crippen LogP contribution in [0.1, 0.15) is 41.6 Å². The first-order valence-electron chi connectivity index (χ1n) is 7.23. The molecule has 0 bridgehead atoms. The Morgan fingerprint density at radius 2 is 1.95 bits per heavy atom. The summed E-state index contributed by atoms with van der Waals surface area (Å²) < 4.78 is 13.1. The summed E-state index contributed by atoms with van der Waals surface area (Å²) in [5.41, 5.74) is 1.30. The summed E-state index contributed by atoms with van der Waals surface area (Å²) in [5.74, 6) is -0.299. The predicted molar refractivity (Wildman–Crippen MR) is 78.3 cm³/mol. The summed E-state index contributed by atoms with van der Waals surface area (Å²) in [6, 6.07) is 5.21. The van der Waals surface area contributed by atoms with Gasteiger partial charge in [-0.05, 0) is 63.4 Å². The predicted octanol–water partition coefficient (Wildman–Crippen LogP) is 2.74. The van der Waals surface area contributed by atoms with Gasteiger partial charge in [-0.3, -0.25) is 4.79 Å². The van der Waals surface area contributed by atoms with Crippen LogP contribution in [0.3, 0.4) is 0 Å². The number of hydrogen-bond donors (Lipinski definition) is 1. The normalized spacial score (nSPS) is 22.6. The molecule has 0 aromatic heterocycles. The second-order valence-electron chi connectivity index (χ2n) is 5.67. The Morgan fingerprint density at radius 1 is 1.30 bits per heavy atom. The Morgan fingerprint density at radius 3 is 2.50 bits per heavy atom. The van der Waals surface area contributed by atoms with Gasteiger partial charge in [0, 0.05) is 24.7 Å². The van der Waals surface area contributed by atoms with Crippen molar-refractivity contribution in [2.24, 2.45) is 0 Å². The first kappa shape index (κ1) is 15.0. The average molecular weight is 278 g/mol. The molecule has 1 saturated carbocycles. The number of aryl methyl sites for hydroxylation is 1. The van der Waals surface area contributed by atoms with E-state index < -0.39 is 0 Å². The molecule has 1 aliphatic carbocycles. The number of hydrogen-bond acceptors (Lipinski definition) is 2. The highest BCUT2D eigenvalue weighted by Crippen LogP contribution is 2.24. The first-order valence-corrected chi connectivity index (χ1v) is 7.23. The van der Waals surface area contributed by atoms with Crippen molar-refractivity contribution in [3.63, 3.8) is 0 Å². The molecular weight excluding hydrogens is 255 g/mol. The summed E-state index contributed by atoms with van der Waals surface area (Å²) >= 11 is 0. The highest BCUT2D eigenvalue weighted by Gasteiger charge is 2.26. The summed E-state index contributed by atoms with van der Waals surface area (Å²) in [7, 11) is 3.84. The maximum Gasteiger partial charge on any atom is 0.254 e. The van der Waals surface area contributed by atoms with Gasteiger partial charge in [0.25, 0.3) is 5.91 Å². The number of carbonyl (C=O) groups excluding carboxylic acids is 1. The number of nitrogens with zero attached hydrogens (tertiary/aromatic N) is 1. The van der Waals surface area contributed by atoms with Gasteiger partial charge in [0.15, 0.2) is 0 Å². The molecule has 1 N–H and O–H groups in total. The molecule has 0 spiro atoms. The number of halogens is 1. The van der Waals surface area contributed by atoms with E-state index in [4.69, 9.17) is 0 Å². The van der Waals surface area contributed by atoms with Gasteiger partial charge < -0.3 is 10.2 Å². The number of rotatable bonds is 3. The minimum absolute atomic E-state index is 0.00425. The van der Waals surface area contributed by atoms with Crippen molar-refractivity contribution in [1.82, 2.24) is 10.2 Å². The van der Waals surface area contributed by atoms with Crippen molar-refractivity contribution in [2.75, 3.05) is 14.1 Å². The molecular formula is C16H23FN2O. The lowest BCUT2D eigenvalue weighted by atomic mass is 9.90. The minimum atomic E-state index is -0.295. The van der Waals surface area contributed by atoms with Crippen LogP contribution in [0.25, 0.3) is 0 Å². The molecule has 1 fully saturated rings. The molecule has 1 aromatic rings. The molecule has 1 aliphatic rings. The summed E-state index contributed by atoms with van der Waals surface area (Å²) in [4.78, 5) is 14.3. The van der Waals surface area contributed by atoms with E-state index in [1.165, 1.54) is 12.1 Å². The maximum absolute atomic E-state index is 13.1. The van der Waals surface area contributed by atoms with Crippen LogP contribution in [-0.4, -0.2) is 37.0 Å². The van der Waals surface area contributed by atoms with Crippen molar-refractivity contribution in [1.29, 1.82) is 0 Å². The summed E-state index contributed by atoms with van der Waals surface area (Å²) in [6.45, 7) is 1.78. The Labute approximate surface area is 120 Å². The van der Waals surface area contributed by atoms with Gasteiger partial charge in [0.2, 0.25) is 0 Å². The number of nitrogens with one attached hydrogen (secondary N) is 1. The Hall–Kier alpha value is -1.42. The van der Waals surface area contributed by atoms with Crippen LogP contribution in [0.4, 0.5) is 4.39 Å². The summed E-state index contributed by atoms with van der Waals surface area (Å²) in [5, 5.41) is 3.29. The number of benzene rings is 1. The lowest BCUT2D eigenvalue weighted by Crippen LogP contribution is -2.42. The van der Waals surface area contributed by atoms with Gasteiger partial charge >= 0.3 is 0 Å². The van der Waals surface area contributed by atoms with E-state index in [2.05, 4.69) is 5.32 Å². The van der Waals surface area contributed by atoms with Crippen LogP contribution in [-0.2, 0) is 0 Å². The molecule has 3 nitrogen and oxygen atoms in total. The quantitative estimate of drug-likeness (QED) is 0.922. The zero-order valence-electron chi connectivity index (χ0n) is 12.4. The molecule has 4 heteroatoms. The Balaban J connectivity index is 2.05. The fourth-order valence-corrected chi connectivity index (χ4v) is 2.97. The molecule has 0 heterocycles. The summed E-state index contributed by atoms with van der Waals surface area (Å²) in [6.07, 6.45) is 4.24. The molecule has 1 aromatic carbocycles. The SMILES string of the molecule is CNC1CCC(N(C)C(=O)c2ccc(F)cc2C)CC1. The van der Waals surface area contributed by atoms with Crippen molar-refractivity contribution >= 4 is 5.91 Å². The largest absolute Gasteiger partial charge is 0.339 e. The van der Waals surface area contributed by atoms with Gasteiger partial charge in [-0.25, -0.2) is 4.39 Å². The van der Waals surface area contributed by atoms with E-state index in [1.54, 1.807) is 13.0 Å². The molecule has 0 atom stereocenters. The lowest BCUT2D eigenvalue weighted by molar-refractivity contribution is 0.0685. The van der Waals surface area contributed by atoms with E-state index in [0.29, 0.717) is 17.2 Å². The number of amides is 1. The van der Waals surface area contributed by atoms with Gasteiger partial charge in [-0.2, -0.15) is 0 Å². The Bertz CT molecular complexity index is 481. The highest BCUT2D eigenvalue weighted by atomic mass is 19.1. The fourth-order valence-electron chi connectivity index (χ4n) is 2.97. The third kappa shape index (κ3) is 3.18. The van der Waals surface area contributed by atoms with Crippen molar-refractivity contribution < 1.29 is 9.18 Å². The van der Waals surface area contributed by atoms with Crippen molar-refractivity contribution in [3.05, 3.63) is 35.1 Å². The van der Waals surface area contributed by atoms with Gasteiger partial charge in [0.1, 0.15) is 5.82 Å². The molecule has 0 radical (unpaired) electrons. The monoisotopic (exact) mass is 278 g/mol. The molecule has 0 aliphatic heterocycles. The van der Waals surface area contributed by atoms with Crippen LogP contribution in [0.2, 0.25) is 0 Å². The average Bonchev–Trinajstić information content (AvgIpc) is 2.46.